The molecule has 0 radical (unpaired) electrons. The van der Waals surface area contributed by atoms with Gasteiger partial charge >= 0.3 is 6.18 Å². The Balaban J connectivity index is 2.27. The minimum Gasteiger partial charge on any atom is -0.477 e. The fraction of sp³-hybridized carbons (Fsp3) is 0.333. The zero-order valence-corrected chi connectivity index (χ0v) is 12.5. The second kappa shape index (κ2) is 6.80. The first-order valence-corrected chi connectivity index (χ1v) is 6.85. The summed E-state index contributed by atoms with van der Waals surface area (Å²) >= 11 is 0. The molecule has 1 aromatic heterocycles. The monoisotopic (exact) mass is 329 g/mol. The minimum atomic E-state index is -4.61. The van der Waals surface area contributed by atoms with E-state index in [1.165, 1.54) is 24.3 Å². The van der Waals surface area contributed by atoms with Crippen molar-refractivity contribution in [2.24, 2.45) is 5.92 Å². The van der Waals surface area contributed by atoms with Gasteiger partial charge in [-0.25, -0.2) is 9.37 Å². The molecule has 124 valence electrons. The highest BCUT2D eigenvalue weighted by atomic mass is 19.4. The van der Waals surface area contributed by atoms with E-state index in [2.05, 4.69) is 15.3 Å². The van der Waals surface area contributed by atoms with E-state index < -0.39 is 23.4 Å². The first kappa shape index (κ1) is 17.0. The molecule has 0 aliphatic carbocycles. The molecule has 0 saturated carbocycles. The molecule has 2 aromatic rings. The Labute approximate surface area is 130 Å². The molecule has 0 amide bonds. The first-order valence-electron chi connectivity index (χ1n) is 6.85. The van der Waals surface area contributed by atoms with E-state index >= 15 is 0 Å². The maximum Gasteiger partial charge on any atom is 0.423 e. The van der Waals surface area contributed by atoms with Crippen LogP contribution in [0.2, 0.25) is 0 Å². The molecule has 1 N–H and O–H groups in total. The third-order valence-corrected chi connectivity index (χ3v) is 2.71. The average Bonchev–Trinajstić information content (AvgIpc) is 2.46. The first-order chi connectivity index (χ1) is 10.8. The molecule has 8 heteroatoms. The third kappa shape index (κ3) is 4.80. The van der Waals surface area contributed by atoms with E-state index in [1.54, 1.807) is 0 Å². The summed E-state index contributed by atoms with van der Waals surface area (Å²) in [5.74, 6) is -0.987. The second-order valence-corrected chi connectivity index (χ2v) is 5.25. The fourth-order valence-corrected chi connectivity index (χ4v) is 1.64. The maximum atomic E-state index is 13.0. The Morgan fingerprint density at radius 3 is 2.39 bits per heavy atom. The van der Waals surface area contributed by atoms with Crippen LogP contribution in [0.15, 0.2) is 30.5 Å². The molecule has 0 unspecified atom stereocenters. The van der Waals surface area contributed by atoms with Crippen LogP contribution >= 0.6 is 0 Å². The maximum absolute atomic E-state index is 13.0. The second-order valence-electron chi connectivity index (χ2n) is 5.25. The van der Waals surface area contributed by atoms with Gasteiger partial charge in [-0.15, -0.1) is 0 Å². The Kier molecular flexibility index (Phi) is 5.02. The van der Waals surface area contributed by atoms with Crippen molar-refractivity contribution < 1.29 is 22.3 Å². The number of halogens is 4. The highest BCUT2D eigenvalue weighted by Crippen LogP contribution is 2.35. The van der Waals surface area contributed by atoms with Crippen LogP contribution in [0.5, 0.6) is 5.88 Å². The van der Waals surface area contributed by atoms with E-state index in [0.717, 1.165) is 0 Å². The van der Waals surface area contributed by atoms with Crippen LogP contribution in [0.1, 0.15) is 19.4 Å². The summed E-state index contributed by atoms with van der Waals surface area (Å²) in [6.07, 6.45) is -3.95. The lowest BCUT2D eigenvalue weighted by Crippen LogP contribution is -2.14. The van der Waals surface area contributed by atoms with Crippen molar-refractivity contribution in [3.8, 4) is 5.88 Å². The lowest BCUT2D eigenvalue weighted by molar-refractivity contribution is -0.139. The number of anilines is 2. The van der Waals surface area contributed by atoms with Gasteiger partial charge in [-0.05, 0) is 30.2 Å². The van der Waals surface area contributed by atoms with E-state index in [-0.39, 0.29) is 18.5 Å². The zero-order valence-electron chi connectivity index (χ0n) is 12.5. The smallest absolute Gasteiger partial charge is 0.423 e. The minimum absolute atomic E-state index is 0.0413. The molecule has 4 nitrogen and oxygen atoms in total. The summed E-state index contributed by atoms with van der Waals surface area (Å²) in [4.78, 5) is 7.41. The van der Waals surface area contributed by atoms with E-state index in [9.17, 15) is 17.6 Å². The van der Waals surface area contributed by atoms with Crippen molar-refractivity contribution in [1.29, 1.82) is 0 Å². The predicted octanol–water partition coefficient (Wildman–Crippen LogP) is 4.41. The van der Waals surface area contributed by atoms with Gasteiger partial charge in [0.2, 0.25) is 11.8 Å². The number of nitrogens with zero attached hydrogens (tertiary/aromatic N) is 2. The molecule has 1 heterocycles. The number of hydrogen-bond donors (Lipinski definition) is 1. The van der Waals surface area contributed by atoms with Crippen molar-refractivity contribution in [2.75, 3.05) is 11.9 Å². The Morgan fingerprint density at radius 2 is 1.83 bits per heavy atom. The molecular formula is C15H15F4N3O. The standard InChI is InChI=1S/C15H15F4N3O/c1-9(2)8-23-13-12(15(17,18)19)7-20-14(22-13)21-11-5-3-10(16)4-6-11/h3-7,9H,8H2,1-2H3,(H,20,21,22). The van der Waals surface area contributed by atoms with Gasteiger partial charge in [0.1, 0.15) is 11.4 Å². The van der Waals surface area contributed by atoms with Gasteiger partial charge in [-0.2, -0.15) is 18.2 Å². The predicted molar refractivity (Wildman–Crippen MR) is 77.0 cm³/mol. The van der Waals surface area contributed by atoms with E-state index in [4.69, 9.17) is 4.74 Å². The van der Waals surface area contributed by atoms with Crippen molar-refractivity contribution >= 4 is 11.6 Å². The molecule has 0 saturated heterocycles. The van der Waals surface area contributed by atoms with E-state index in [1.807, 2.05) is 13.8 Å². The number of aromatic nitrogens is 2. The van der Waals surface area contributed by atoms with Crippen molar-refractivity contribution in [1.82, 2.24) is 9.97 Å². The zero-order chi connectivity index (χ0) is 17.0. The van der Waals surface area contributed by atoms with Crippen LogP contribution in [-0.4, -0.2) is 16.6 Å². The molecule has 1 aromatic carbocycles. The quantitative estimate of drug-likeness (QED) is 0.825. The Bertz CT molecular complexity index is 657. The largest absolute Gasteiger partial charge is 0.477 e. The molecule has 0 atom stereocenters. The molecule has 0 spiro atoms. The van der Waals surface area contributed by atoms with Crippen LogP contribution in [0, 0.1) is 11.7 Å². The topological polar surface area (TPSA) is 47.0 Å². The Hall–Kier alpha value is -2.38. The van der Waals surface area contributed by atoms with Crippen LogP contribution in [0.4, 0.5) is 29.2 Å². The van der Waals surface area contributed by atoms with Crippen LogP contribution in [0.25, 0.3) is 0 Å². The van der Waals surface area contributed by atoms with Gasteiger partial charge in [0.05, 0.1) is 6.61 Å². The van der Waals surface area contributed by atoms with Gasteiger partial charge in [0.25, 0.3) is 0 Å². The number of rotatable bonds is 5. The van der Waals surface area contributed by atoms with Gasteiger partial charge in [-0.1, -0.05) is 13.8 Å². The summed E-state index contributed by atoms with van der Waals surface area (Å²) in [6.45, 7) is 3.72. The number of hydrogen-bond acceptors (Lipinski definition) is 4. The lowest BCUT2D eigenvalue weighted by Gasteiger charge is -2.15. The molecule has 23 heavy (non-hydrogen) atoms. The normalized spacial score (nSPS) is 11.6. The summed E-state index contributed by atoms with van der Waals surface area (Å²) in [5, 5.41) is 2.70. The molecule has 0 bridgehead atoms. The van der Waals surface area contributed by atoms with E-state index in [0.29, 0.717) is 11.9 Å². The molecule has 0 fully saturated rings. The average molecular weight is 329 g/mol. The number of benzene rings is 1. The highest BCUT2D eigenvalue weighted by Gasteiger charge is 2.36. The fourth-order valence-electron chi connectivity index (χ4n) is 1.64. The SMILES string of the molecule is CC(C)COc1nc(Nc2ccc(F)cc2)ncc1C(F)(F)F. The summed E-state index contributed by atoms with van der Waals surface area (Å²) < 4.78 is 56.9. The van der Waals surface area contributed by atoms with Crippen LogP contribution in [-0.2, 0) is 6.18 Å². The van der Waals surface area contributed by atoms with Gasteiger partial charge in [-0.3, -0.25) is 0 Å². The van der Waals surface area contributed by atoms with Gasteiger partial charge < -0.3 is 10.1 Å². The van der Waals surface area contributed by atoms with Crippen molar-refractivity contribution in [3.05, 3.63) is 41.8 Å². The number of nitrogens with one attached hydrogen (secondary N) is 1. The highest BCUT2D eigenvalue weighted by molar-refractivity contribution is 5.53. The van der Waals surface area contributed by atoms with Crippen molar-refractivity contribution in [2.45, 2.75) is 20.0 Å². The molecule has 0 aliphatic heterocycles. The van der Waals surface area contributed by atoms with Crippen LogP contribution in [0.3, 0.4) is 0 Å². The number of alkyl halides is 3. The summed E-state index contributed by atoms with van der Waals surface area (Å²) in [6, 6.07) is 5.27. The van der Waals surface area contributed by atoms with Crippen LogP contribution < -0.4 is 10.1 Å². The Morgan fingerprint density at radius 1 is 1.17 bits per heavy atom. The molecule has 0 aliphatic rings. The number of ether oxygens (including phenoxy) is 1. The summed E-state index contributed by atoms with van der Waals surface area (Å²) in [7, 11) is 0. The van der Waals surface area contributed by atoms with Gasteiger partial charge in [0, 0.05) is 11.9 Å². The summed E-state index contributed by atoms with van der Waals surface area (Å²) in [5.41, 5.74) is -0.594. The molecular weight excluding hydrogens is 314 g/mol. The molecule has 2 rings (SSSR count). The van der Waals surface area contributed by atoms with Crippen molar-refractivity contribution in [3.63, 3.8) is 0 Å². The third-order valence-electron chi connectivity index (χ3n) is 2.71. The van der Waals surface area contributed by atoms with Gasteiger partial charge in [0.15, 0.2) is 0 Å². The lowest BCUT2D eigenvalue weighted by atomic mass is 10.2.